The summed E-state index contributed by atoms with van der Waals surface area (Å²) in [6.07, 6.45) is 17.4. The number of hydrogen-bond acceptors (Lipinski definition) is 5. The van der Waals surface area contributed by atoms with Crippen LogP contribution in [0.25, 0.3) is 22.1 Å². The molecule has 51 heavy (non-hydrogen) atoms. The van der Waals surface area contributed by atoms with Crippen molar-refractivity contribution in [3.05, 3.63) is 75.6 Å². The zero-order valence-corrected chi connectivity index (χ0v) is 32.1. The highest BCUT2D eigenvalue weighted by atomic mass is 35.5. The van der Waals surface area contributed by atoms with E-state index in [4.69, 9.17) is 25.5 Å². The summed E-state index contributed by atoms with van der Waals surface area (Å²) < 4.78 is 17.4. The number of ether oxygens (including phenoxy) is 2. The van der Waals surface area contributed by atoms with Gasteiger partial charge in [0.15, 0.2) is 6.61 Å². The Hall–Kier alpha value is -3.05. The molecule has 0 saturated heterocycles. The van der Waals surface area contributed by atoms with Gasteiger partial charge in [-0.2, -0.15) is 0 Å². The van der Waals surface area contributed by atoms with Crippen LogP contribution in [-0.2, 0) is 9.53 Å². The van der Waals surface area contributed by atoms with E-state index in [9.17, 15) is 9.59 Å². The molecule has 0 N–H and O–H groups in total. The van der Waals surface area contributed by atoms with E-state index in [0.717, 1.165) is 65.9 Å². The van der Waals surface area contributed by atoms with Crippen molar-refractivity contribution < 1.29 is 18.7 Å². The zero-order chi connectivity index (χ0) is 35.9. The molecule has 0 amide bonds. The van der Waals surface area contributed by atoms with Gasteiger partial charge in [0.25, 0.3) is 0 Å². The number of halogens is 1. The number of carbonyl (C=O) groups is 1. The summed E-state index contributed by atoms with van der Waals surface area (Å²) in [6, 6.07) is 14.4. The topological polar surface area (TPSA) is 65.7 Å². The second kappa shape index (κ2) is 14.8. The van der Waals surface area contributed by atoms with E-state index < -0.39 is 11.6 Å². The molecule has 3 aromatic rings. The van der Waals surface area contributed by atoms with Gasteiger partial charge < -0.3 is 13.9 Å². The van der Waals surface area contributed by atoms with Crippen molar-refractivity contribution in [1.29, 1.82) is 0 Å². The van der Waals surface area contributed by atoms with Gasteiger partial charge in [-0.05, 0) is 115 Å². The lowest BCUT2D eigenvalue weighted by molar-refractivity contribution is -0.154. The molecule has 0 radical (unpaired) electrons. The molecule has 0 bridgehead atoms. The van der Waals surface area contributed by atoms with Crippen LogP contribution in [0, 0.1) is 46.3 Å². The molecule has 2 aromatic carbocycles. The van der Waals surface area contributed by atoms with Crippen molar-refractivity contribution in [3.8, 4) is 16.9 Å². The highest BCUT2D eigenvalue weighted by Gasteiger charge is 2.56. The van der Waals surface area contributed by atoms with Gasteiger partial charge in [0.2, 0.25) is 0 Å². The molecule has 4 aliphatic rings. The standard InChI is InChI=1S/C45H57ClO5/c1-28(2)10-9-11-29(3)31-14-17-37-34-16-15-32-22-33(18-21-45(32,5)38(34)19-20-44(37,4)26-31)50-43(48)27-49-41-25-40-36(23-39(41)46)35(24-42(47)51-40)30-12-7-6-8-13-30/h6-8,12-13,15,23-25,28-29,31,33-34,37-38H,9-11,14,16-22,26-27H2,1-5H3/t29-,31-,33-,34+,37-,38+,44+,45-/m0/s1. The van der Waals surface area contributed by atoms with Gasteiger partial charge in [-0.15, -0.1) is 0 Å². The Morgan fingerprint density at radius 1 is 0.980 bits per heavy atom. The maximum absolute atomic E-state index is 13.1. The summed E-state index contributed by atoms with van der Waals surface area (Å²) >= 11 is 6.62. The fourth-order valence-corrected chi connectivity index (χ4v) is 11.3. The monoisotopic (exact) mass is 712 g/mol. The van der Waals surface area contributed by atoms with Crippen LogP contribution in [0.15, 0.2) is 69.4 Å². The van der Waals surface area contributed by atoms with Crippen LogP contribution in [0.3, 0.4) is 0 Å². The predicted octanol–water partition coefficient (Wildman–Crippen LogP) is 11.8. The molecule has 0 unspecified atom stereocenters. The fraction of sp³-hybridized carbons (Fsp3) is 0.600. The smallest absolute Gasteiger partial charge is 0.344 e. The second-order valence-corrected chi connectivity index (χ2v) is 18.0. The van der Waals surface area contributed by atoms with Crippen LogP contribution in [0.1, 0.15) is 112 Å². The first-order chi connectivity index (χ1) is 24.4. The van der Waals surface area contributed by atoms with Crippen molar-refractivity contribution in [2.75, 3.05) is 6.61 Å². The van der Waals surface area contributed by atoms with Crippen LogP contribution >= 0.6 is 11.6 Å². The number of rotatable bonds is 10. The first kappa shape index (κ1) is 36.3. The molecule has 3 fully saturated rings. The minimum atomic E-state index is -0.464. The van der Waals surface area contributed by atoms with E-state index in [1.807, 2.05) is 30.3 Å². The normalized spacial score (nSPS) is 30.9. The molecule has 0 aliphatic heterocycles. The third-order valence-corrected chi connectivity index (χ3v) is 14.2. The Labute approximate surface area is 309 Å². The zero-order valence-electron chi connectivity index (χ0n) is 31.3. The second-order valence-electron chi connectivity index (χ2n) is 17.6. The average molecular weight is 713 g/mol. The van der Waals surface area contributed by atoms with E-state index in [1.54, 1.807) is 12.1 Å². The first-order valence-corrected chi connectivity index (χ1v) is 20.2. The molecule has 3 saturated carbocycles. The van der Waals surface area contributed by atoms with Crippen LogP contribution in [0.5, 0.6) is 5.75 Å². The number of fused-ring (bicyclic) bond motifs is 6. The SMILES string of the molecule is CC(C)CCC[C@H](C)[C@H]1CC[C@H]2[C@H]3CC=C4C[C@@H](OC(=O)COc5cc6oc(=O)cc(-c7ccccc7)c6cc5Cl)CC[C@]4(C)[C@@H]3CC[C@]2(C)C1. The highest BCUT2D eigenvalue weighted by Crippen LogP contribution is 2.65. The molecule has 6 heteroatoms. The van der Waals surface area contributed by atoms with Gasteiger partial charge in [-0.3, -0.25) is 0 Å². The van der Waals surface area contributed by atoms with Gasteiger partial charge >= 0.3 is 11.6 Å². The van der Waals surface area contributed by atoms with E-state index in [1.165, 1.54) is 69.4 Å². The third-order valence-electron chi connectivity index (χ3n) is 13.9. The number of hydrogen-bond donors (Lipinski definition) is 0. The van der Waals surface area contributed by atoms with Crippen molar-refractivity contribution in [2.24, 2.45) is 46.3 Å². The van der Waals surface area contributed by atoms with Crippen molar-refractivity contribution in [1.82, 2.24) is 0 Å². The number of esters is 1. The molecular formula is C45H57ClO5. The fourth-order valence-electron chi connectivity index (χ4n) is 11.1. The lowest BCUT2D eigenvalue weighted by Gasteiger charge is -2.61. The molecule has 274 valence electrons. The summed E-state index contributed by atoms with van der Waals surface area (Å²) in [5.41, 5.74) is 3.69. The highest BCUT2D eigenvalue weighted by molar-refractivity contribution is 6.33. The van der Waals surface area contributed by atoms with Gasteiger partial charge in [0.1, 0.15) is 17.4 Å². The van der Waals surface area contributed by atoms with E-state index in [2.05, 4.69) is 40.7 Å². The van der Waals surface area contributed by atoms with Gasteiger partial charge in [-0.25, -0.2) is 9.59 Å². The third kappa shape index (κ3) is 7.44. The molecule has 1 aromatic heterocycles. The maximum Gasteiger partial charge on any atom is 0.344 e. The minimum absolute atomic E-state index is 0.142. The minimum Gasteiger partial charge on any atom is -0.480 e. The molecule has 0 spiro atoms. The van der Waals surface area contributed by atoms with Crippen LogP contribution in [0.4, 0.5) is 0 Å². The van der Waals surface area contributed by atoms with E-state index >= 15 is 0 Å². The van der Waals surface area contributed by atoms with Crippen molar-refractivity contribution in [2.45, 2.75) is 118 Å². The lowest BCUT2D eigenvalue weighted by Crippen LogP contribution is -2.52. The van der Waals surface area contributed by atoms with Crippen LogP contribution in [0.2, 0.25) is 5.02 Å². The van der Waals surface area contributed by atoms with E-state index in [0.29, 0.717) is 21.4 Å². The molecular weight excluding hydrogens is 656 g/mol. The molecule has 4 aliphatic carbocycles. The number of allylic oxidation sites excluding steroid dienone is 1. The summed E-state index contributed by atoms with van der Waals surface area (Å²) in [4.78, 5) is 25.5. The van der Waals surface area contributed by atoms with Gasteiger partial charge in [0, 0.05) is 23.9 Å². The summed E-state index contributed by atoms with van der Waals surface area (Å²) in [5, 5.41) is 1.04. The molecule has 7 rings (SSSR count). The lowest BCUT2D eigenvalue weighted by atomic mass is 9.44. The Bertz CT molecular complexity index is 1810. The maximum atomic E-state index is 13.1. The summed E-state index contributed by atoms with van der Waals surface area (Å²) in [5.74, 6) is 4.76. The number of carbonyl (C=O) groups excluding carboxylic acids is 1. The van der Waals surface area contributed by atoms with Crippen LogP contribution in [-0.4, -0.2) is 18.7 Å². The predicted molar refractivity (Wildman–Crippen MR) is 206 cm³/mol. The van der Waals surface area contributed by atoms with Crippen LogP contribution < -0.4 is 10.4 Å². The van der Waals surface area contributed by atoms with Gasteiger partial charge in [0.05, 0.1) is 5.02 Å². The van der Waals surface area contributed by atoms with Crippen molar-refractivity contribution >= 4 is 28.5 Å². The molecule has 5 nitrogen and oxygen atoms in total. The number of benzene rings is 2. The van der Waals surface area contributed by atoms with Crippen molar-refractivity contribution in [3.63, 3.8) is 0 Å². The first-order valence-electron chi connectivity index (χ1n) is 19.8. The van der Waals surface area contributed by atoms with Gasteiger partial charge in [-0.1, -0.05) is 107 Å². The molecule has 8 atom stereocenters. The Balaban J connectivity index is 0.959. The summed E-state index contributed by atoms with van der Waals surface area (Å²) in [6.45, 7) is 12.1. The summed E-state index contributed by atoms with van der Waals surface area (Å²) in [7, 11) is 0. The quantitative estimate of drug-likeness (QED) is 0.119. The van der Waals surface area contributed by atoms with E-state index in [-0.39, 0.29) is 23.9 Å². The average Bonchev–Trinajstić information content (AvgIpc) is 3.10. The Kier molecular flexibility index (Phi) is 10.5. The Morgan fingerprint density at radius 2 is 1.78 bits per heavy atom. The largest absolute Gasteiger partial charge is 0.480 e. The molecule has 1 heterocycles. The Morgan fingerprint density at radius 3 is 2.57 bits per heavy atom.